The molecule has 0 spiro atoms. The van der Waals surface area contributed by atoms with Crippen LogP contribution in [0.15, 0.2) is 29.2 Å². The van der Waals surface area contributed by atoms with Crippen molar-refractivity contribution in [1.82, 2.24) is 4.98 Å². The van der Waals surface area contributed by atoms with Crippen LogP contribution in [-0.2, 0) is 4.74 Å². The minimum Gasteiger partial charge on any atom is -0.494 e. The van der Waals surface area contributed by atoms with Gasteiger partial charge in [0.15, 0.2) is 0 Å². The molecule has 1 heterocycles. The van der Waals surface area contributed by atoms with Crippen molar-refractivity contribution in [2.75, 3.05) is 13.2 Å². The third kappa shape index (κ3) is 5.61. The summed E-state index contributed by atoms with van der Waals surface area (Å²) in [5, 5.41) is 0.457. The molecule has 0 unspecified atom stereocenters. The maximum atomic E-state index is 12.4. The molecule has 26 heavy (non-hydrogen) atoms. The van der Waals surface area contributed by atoms with Crippen molar-refractivity contribution in [2.45, 2.75) is 58.8 Å². The third-order valence-corrected chi connectivity index (χ3v) is 4.36. The normalized spacial score (nSPS) is 10.8. The molecule has 0 aliphatic heterocycles. The Kier molecular flexibility index (Phi) is 8.19. The molecule has 2 rings (SSSR count). The van der Waals surface area contributed by atoms with Gasteiger partial charge in [0.25, 0.3) is 0 Å². The highest BCUT2D eigenvalue weighted by molar-refractivity contribution is 5.93. The van der Waals surface area contributed by atoms with E-state index in [0.717, 1.165) is 12.2 Å². The van der Waals surface area contributed by atoms with Crippen molar-refractivity contribution in [2.24, 2.45) is 0 Å². The van der Waals surface area contributed by atoms with Crippen LogP contribution in [-0.4, -0.2) is 24.2 Å². The van der Waals surface area contributed by atoms with Crippen LogP contribution in [0.3, 0.4) is 0 Å². The zero-order chi connectivity index (χ0) is 18.8. The number of nitrogens with one attached hydrogen (secondary N) is 1. The zero-order valence-corrected chi connectivity index (χ0v) is 15.8. The number of carbonyl (C=O) groups is 1. The lowest BCUT2D eigenvalue weighted by Gasteiger charge is -2.08. The maximum Gasteiger partial charge on any atom is 0.343 e. The number of ether oxygens (including phenoxy) is 2. The van der Waals surface area contributed by atoms with Crippen molar-refractivity contribution < 1.29 is 14.3 Å². The molecular formula is C21H29NO4. The van der Waals surface area contributed by atoms with Crippen LogP contribution in [0, 0.1) is 0 Å². The highest BCUT2D eigenvalue weighted by Gasteiger charge is 2.14. The number of hydrogen-bond acceptors (Lipinski definition) is 4. The molecule has 142 valence electrons. The highest BCUT2D eigenvalue weighted by atomic mass is 16.5. The SMILES string of the molecule is CCCCCCCCCOc1ccc2c(=O)c(C(=O)OCC)c[nH]c2c1. The van der Waals surface area contributed by atoms with Gasteiger partial charge in [0.1, 0.15) is 11.3 Å². The van der Waals surface area contributed by atoms with Gasteiger partial charge < -0.3 is 14.5 Å². The average Bonchev–Trinajstić information content (AvgIpc) is 2.64. The second-order valence-electron chi connectivity index (χ2n) is 6.43. The number of hydrogen-bond donors (Lipinski definition) is 1. The Morgan fingerprint density at radius 3 is 2.50 bits per heavy atom. The van der Waals surface area contributed by atoms with Crippen molar-refractivity contribution in [1.29, 1.82) is 0 Å². The van der Waals surface area contributed by atoms with E-state index in [1.165, 1.54) is 44.7 Å². The molecule has 5 nitrogen and oxygen atoms in total. The number of fused-ring (bicyclic) bond motifs is 1. The van der Waals surface area contributed by atoms with E-state index in [1.807, 2.05) is 0 Å². The number of pyridine rings is 1. The summed E-state index contributed by atoms with van der Waals surface area (Å²) >= 11 is 0. The Labute approximate surface area is 154 Å². The smallest absolute Gasteiger partial charge is 0.343 e. The van der Waals surface area contributed by atoms with Gasteiger partial charge in [0.05, 0.1) is 18.7 Å². The second kappa shape index (κ2) is 10.6. The van der Waals surface area contributed by atoms with Gasteiger partial charge in [-0.15, -0.1) is 0 Å². The first kappa shape index (κ1) is 20.0. The molecule has 0 fully saturated rings. The summed E-state index contributed by atoms with van der Waals surface area (Å²) in [5.41, 5.74) is 0.354. The van der Waals surface area contributed by atoms with Gasteiger partial charge in [-0.25, -0.2) is 4.79 Å². The predicted octanol–water partition coefficient (Wildman–Crippen LogP) is 4.83. The van der Waals surface area contributed by atoms with Gasteiger partial charge in [-0.1, -0.05) is 45.4 Å². The van der Waals surface area contributed by atoms with Crippen LogP contribution in [0.25, 0.3) is 10.9 Å². The van der Waals surface area contributed by atoms with E-state index in [9.17, 15) is 9.59 Å². The van der Waals surface area contributed by atoms with Gasteiger partial charge >= 0.3 is 5.97 Å². The topological polar surface area (TPSA) is 68.4 Å². The van der Waals surface area contributed by atoms with Crippen LogP contribution in [0.5, 0.6) is 5.75 Å². The molecular weight excluding hydrogens is 330 g/mol. The Hall–Kier alpha value is -2.30. The van der Waals surface area contributed by atoms with Gasteiger partial charge in [0.2, 0.25) is 5.43 Å². The number of benzene rings is 1. The molecule has 0 atom stereocenters. The molecule has 1 N–H and O–H groups in total. The van der Waals surface area contributed by atoms with E-state index >= 15 is 0 Å². The molecule has 0 aliphatic rings. The number of rotatable bonds is 11. The zero-order valence-electron chi connectivity index (χ0n) is 15.8. The molecule has 0 aliphatic carbocycles. The molecule has 0 saturated heterocycles. The van der Waals surface area contributed by atoms with Crippen molar-refractivity contribution >= 4 is 16.9 Å². The summed E-state index contributed by atoms with van der Waals surface area (Å²) in [6.07, 6.45) is 10.1. The van der Waals surface area contributed by atoms with E-state index in [0.29, 0.717) is 17.5 Å². The van der Waals surface area contributed by atoms with Crippen LogP contribution >= 0.6 is 0 Å². The van der Waals surface area contributed by atoms with Crippen LogP contribution < -0.4 is 10.2 Å². The molecule has 5 heteroatoms. The molecule has 0 bridgehead atoms. The molecule has 0 amide bonds. The number of H-pyrrole nitrogens is 1. The van der Waals surface area contributed by atoms with Gasteiger partial charge in [0, 0.05) is 17.6 Å². The maximum absolute atomic E-state index is 12.4. The Balaban J connectivity index is 1.90. The van der Waals surface area contributed by atoms with Crippen molar-refractivity contribution in [3.05, 3.63) is 40.2 Å². The summed E-state index contributed by atoms with van der Waals surface area (Å²) < 4.78 is 10.7. The fraction of sp³-hybridized carbons (Fsp3) is 0.524. The lowest BCUT2D eigenvalue weighted by Crippen LogP contribution is -2.18. The number of carbonyl (C=O) groups excluding carboxylic acids is 1. The molecule has 0 saturated carbocycles. The number of esters is 1. The van der Waals surface area contributed by atoms with Gasteiger partial charge in [-0.3, -0.25) is 4.79 Å². The summed E-state index contributed by atoms with van der Waals surface area (Å²) in [6, 6.07) is 5.26. The minimum atomic E-state index is -0.602. The fourth-order valence-electron chi connectivity index (χ4n) is 2.90. The molecule has 2 aromatic rings. The highest BCUT2D eigenvalue weighted by Crippen LogP contribution is 2.18. The van der Waals surface area contributed by atoms with E-state index in [2.05, 4.69) is 11.9 Å². The largest absolute Gasteiger partial charge is 0.494 e. The van der Waals surface area contributed by atoms with Crippen molar-refractivity contribution in [3.63, 3.8) is 0 Å². The summed E-state index contributed by atoms with van der Waals surface area (Å²) in [7, 11) is 0. The molecule has 1 aromatic heterocycles. The van der Waals surface area contributed by atoms with Gasteiger partial charge in [-0.05, 0) is 25.5 Å². The van der Waals surface area contributed by atoms with Gasteiger partial charge in [-0.2, -0.15) is 0 Å². The second-order valence-corrected chi connectivity index (χ2v) is 6.43. The predicted molar refractivity (Wildman–Crippen MR) is 104 cm³/mol. The third-order valence-electron chi connectivity index (χ3n) is 4.36. The van der Waals surface area contributed by atoms with E-state index in [1.54, 1.807) is 25.1 Å². The standard InChI is InChI=1S/C21H29NO4/c1-3-5-6-7-8-9-10-13-26-16-11-12-17-19(14-16)22-15-18(20(17)23)21(24)25-4-2/h11-12,14-15H,3-10,13H2,1-2H3,(H,22,23). The number of aromatic nitrogens is 1. The Morgan fingerprint density at radius 1 is 1.04 bits per heavy atom. The van der Waals surface area contributed by atoms with E-state index in [4.69, 9.17) is 9.47 Å². The number of aromatic amines is 1. The molecule has 0 radical (unpaired) electrons. The summed E-state index contributed by atoms with van der Waals surface area (Å²) in [6.45, 7) is 4.84. The number of unbranched alkanes of at least 4 members (excludes halogenated alkanes) is 6. The quantitative estimate of drug-likeness (QED) is 0.461. The Morgan fingerprint density at radius 2 is 1.77 bits per heavy atom. The van der Waals surface area contributed by atoms with Crippen LogP contribution in [0.4, 0.5) is 0 Å². The van der Waals surface area contributed by atoms with Crippen molar-refractivity contribution in [3.8, 4) is 5.75 Å². The van der Waals surface area contributed by atoms with E-state index < -0.39 is 5.97 Å². The summed E-state index contributed by atoms with van der Waals surface area (Å²) in [4.78, 5) is 27.2. The lowest BCUT2D eigenvalue weighted by atomic mass is 10.1. The minimum absolute atomic E-state index is 0.0242. The monoisotopic (exact) mass is 359 g/mol. The Bertz CT molecular complexity index is 766. The first-order valence-corrected chi connectivity index (χ1v) is 9.62. The lowest BCUT2D eigenvalue weighted by molar-refractivity contribution is 0.0524. The van der Waals surface area contributed by atoms with Crippen LogP contribution in [0.2, 0.25) is 0 Å². The first-order valence-electron chi connectivity index (χ1n) is 9.62. The first-order chi connectivity index (χ1) is 12.7. The van der Waals surface area contributed by atoms with Crippen LogP contribution in [0.1, 0.15) is 69.2 Å². The van der Waals surface area contributed by atoms with E-state index in [-0.39, 0.29) is 17.6 Å². The fourth-order valence-corrected chi connectivity index (χ4v) is 2.90. The molecule has 1 aromatic carbocycles. The summed E-state index contributed by atoms with van der Waals surface area (Å²) in [5.74, 6) is 0.123. The average molecular weight is 359 g/mol.